The van der Waals surface area contributed by atoms with Crippen molar-refractivity contribution < 1.29 is 12.5 Å². The van der Waals surface area contributed by atoms with Crippen LogP contribution in [0.5, 0.6) is 0 Å². The Hall–Kier alpha value is 0.500. The molecule has 0 aromatic rings. The van der Waals surface area contributed by atoms with E-state index in [1.165, 1.54) is 6.66 Å². The molecule has 0 bridgehead atoms. The minimum absolute atomic E-state index is 0.781. The van der Waals surface area contributed by atoms with Crippen molar-refractivity contribution in [3.8, 4) is 0 Å². The van der Waals surface area contributed by atoms with Crippen LogP contribution in [0.15, 0.2) is 0 Å². The molecule has 0 N–H and O–H groups in total. The van der Waals surface area contributed by atoms with E-state index in [9.17, 15) is 4.57 Å². The lowest BCUT2D eigenvalue weighted by Gasteiger charge is -2.17. The van der Waals surface area contributed by atoms with E-state index in [1.54, 1.807) is 0 Å². The molecule has 1 fully saturated rings. The molecule has 6 heavy (non-hydrogen) atoms. The van der Waals surface area contributed by atoms with Crippen molar-refractivity contribution >= 4 is 19.9 Å². The Morgan fingerprint density at radius 3 is 2.00 bits per heavy atom. The van der Waals surface area contributed by atoms with Crippen molar-refractivity contribution in [2.45, 2.75) is 0 Å². The van der Waals surface area contributed by atoms with Gasteiger partial charge in [0.1, 0.15) is 0 Å². The van der Waals surface area contributed by atoms with E-state index in [4.69, 9.17) is 0 Å². The second-order valence-corrected chi connectivity index (χ2v) is 3.86. The maximum Gasteiger partial charge on any atom is 0.353 e. The monoisotopic (exact) mass is 126 g/mol. The lowest BCUT2D eigenvalue weighted by Crippen LogP contribution is -1.90. The SMILES string of the molecule is CP1(=O)OSO1. The van der Waals surface area contributed by atoms with Gasteiger partial charge in [-0.15, -0.1) is 0 Å². The molecule has 0 aromatic heterocycles. The van der Waals surface area contributed by atoms with Gasteiger partial charge in [0.05, 0.1) is 0 Å². The highest BCUT2D eigenvalue weighted by atomic mass is 32.2. The van der Waals surface area contributed by atoms with Crippen LogP contribution in [0.2, 0.25) is 0 Å². The standard InChI is InChI=1S/CH3O3PS/c1-5(2)3-6-4-5/h1H3. The third kappa shape index (κ3) is 0.763. The van der Waals surface area contributed by atoms with Gasteiger partial charge in [-0.25, -0.2) is 7.94 Å². The van der Waals surface area contributed by atoms with Gasteiger partial charge in [0.15, 0.2) is 12.3 Å². The summed E-state index contributed by atoms with van der Waals surface area (Å²) in [6, 6.07) is 0. The van der Waals surface area contributed by atoms with E-state index >= 15 is 0 Å². The normalized spacial score (nSPS) is 28.8. The zero-order valence-corrected chi connectivity index (χ0v) is 4.79. The van der Waals surface area contributed by atoms with Gasteiger partial charge in [-0.2, -0.15) is 0 Å². The summed E-state index contributed by atoms with van der Waals surface area (Å²) in [6.07, 6.45) is 0. The van der Waals surface area contributed by atoms with Crippen LogP contribution < -0.4 is 0 Å². The first-order valence-corrected chi connectivity index (χ1v) is 3.98. The van der Waals surface area contributed by atoms with Crippen molar-refractivity contribution in [3.63, 3.8) is 0 Å². The first kappa shape index (κ1) is 4.65. The van der Waals surface area contributed by atoms with Crippen LogP contribution in [0.3, 0.4) is 0 Å². The van der Waals surface area contributed by atoms with E-state index in [0.717, 1.165) is 12.3 Å². The highest BCUT2D eigenvalue weighted by Crippen LogP contribution is 2.61. The molecular weight excluding hydrogens is 123 g/mol. The Kier molecular flexibility index (Phi) is 0.957. The summed E-state index contributed by atoms with van der Waals surface area (Å²) < 4.78 is 18.9. The average Bonchev–Trinajstić information content (AvgIpc) is 1.32. The van der Waals surface area contributed by atoms with Gasteiger partial charge in [-0.3, -0.25) is 4.57 Å². The Morgan fingerprint density at radius 2 is 2.00 bits per heavy atom. The van der Waals surface area contributed by atoms with Crippen LogP contribution in [-0.2, 0) is 12.5 Å². The highest BCUT2D eigenvalue weighted by molar-refractivity contribution is 8.03. The van der Waals surface area contributed by atoms with Crippen LogP contribution in [0.1, 0.15) is 0 Å². The first-order valence-electron chi connectivity index (χ1n) is 1.33. The summed E-state index contributed by atoms with van der Waals surface area (Å²) in [5.74, 6) is 0. The Morgan fingerprint density at radius 1 is 1.67 bits per heavy atom. The van der Waals surface area contributed by atoms with Gasteiger partial charge in [0, 0.05) is 6.66 Å². The number of rotatable bonds is 0. The first-order chi connectivity index (χ1) is 2.71. The Bertz CT molecular complexity index is 93.0. The molecule has 1 rings (SSSR count). The molecule has 0 radical (unpaired) electrons. The summed E-state index contributed by atoms with van der Waals surface area (Å²) in [7, 11) is -2.50. The van der Waals surface area contributed by atoms with Crippen molar-refractivity contribution in [1.29, 1.82) is 0 Å². The van der Waals surface area contributed by atoms with Gasteiger partial charge >= 0.3 is 7.60 Å². The zero-order chi connectivity index (χ0) is 4.62. The van der Waals surface area contributed by atoms with Crippen molar-refractivity contribution in [2.24, 2.45) is 0 Å². The maximum atomic E-state index is 10.2. The second-order valence-electron chi connectivity index (χ2n) is 0.988. The highest BCUT2D eigenvalue weighted by Gasteiger charge is 2.29. The average molecular weight is 126 g/mol. The lowest BCUT2D eigenvalue weighted by atomic mass is 12.0. The second kappa shape index (κ2) is 1.23. The Balaban J connectivity index is 2.53. The zero-order valence-electron chi connectivity index (χ0n) is 3.08. The molecule has 0 aromatic carbocycles. The summed E-state index contributed by atoms with van der Waals surface area (Å²) >= 11 is 0.781. The van der Waals surface area contributed by atoms with Gasteiger partial charge in [0.25, 0.3) is 0 Å². The van der Waals surface area contributed by atoms with Crippen LogP contribution >= 0.6 is 19.9 Å². The molecule has 0 spiro atoms. The Labute approximate surface area is 40.0 Å². The van der Waals surface area contributed by atoms with E-state index in [-0.39, 0.29) is 0 Å². The van der Waals surface area contributed by atoms with Crippen LogP contribution in [0.25, 0.3) is 0 Å². The predicted molar refractivity (Wildman–Crippen MR) is 23.3 cm³/mol. The van der Waals surface area contributed by atoms with Gasteiger partial charge in [0.2, 0.25) is 0 Å². The van der Waals surface area contributed by atoms with E-state index in [0.29, 0.717) is 0 Å². The van der Waals surface area contributed by atoms with Gasteiger partial charge in [-0.05, 0) is 0 Å². The van der Waals surface area contributed by atoms with Crippen molar-refractivity contribution in [2.75, 3.05) is 6.66 Å². The smallest absolute Gasteiger partial charge is 0.258 e. The molecule has 5 heteroatoms. The third-order valence-electron chi connectivity index (χ3n) is 0.332. The van der Waals surface area contributed by atoms with E-state index in [1.807, 2.05) is 0 Å². The molecule has 1 saturated heterocycles. The van der Waals surface area contributed by atoms with Crippen LogP contribution in [0, 0.1) is 0 Å². The van der Waals surface area contributed by atoms with Crippen molar-refractivity contribution in [3.05, 3.63) is 0 Å². The molecule has 0 saturated carbocycles. The maximum absolute atomic E-state index is 10.2. The van der Waals surface area contributed by atoms with Crippen LogP contribution in [0.4, 0.5) is 0 Å². The van der Waals surface area contributed by atoms with Gasteiger partial charge in [-0.1, -0.05) is 0 Å². The number of hydrogen-bond donors (Lipinski definition) is 0. The summed E-state index contributed by atoms with van der Waals surface area (Å²) in [6.45, 7) is 1.42. The molecule has 0 unspecified atom stereocenters. The minimum Gasteiger partial charge on any atom is -0.258 e. The molecule has 1 heterocycles. The largest absolute Gasteiger partial charge is 0.353 e. The summed E-state index contributed by atoms with van der Waals surface area (Å²) in [4.78, 5) is 0. The molecular formula is CH3O3PS. The lowest BCUT2D eigenvalue weighted by molar-refractivity contribution is 0.371. The molecule has 1 aliphatic rings. The predicted octanol–water partition coefficient (Wildman–Crippen LogP) is 1.42. The fourth-order valence-corrected chi connectivity index (χ4v) is 1.05. The van der Waals surface area contributed by atoms with E-state index < -0.39 is 7.60 Å². The molecule has 0 atom stereocenters. The van der Waals surface area contributed by atoms with Crippen molar-refractivity contribution in [1.82, 2.24) is 0 Å². The summed E-state index contributed by atoms with van der Waals surface area (Å²) in [5.41, 5.74) is 0. The number of hydrogen-bond acceptors (Lipinski definition) is 4. The van der Waals surface area contributed by atoms with E-state index in [2.05, 4.69) is 7.94 Å². The fraction of sp³-hybridized carbons (Fsp3) is 1.00. The molecule has 0 aliphatic carbocycles. The third-order valence-corrected chi connectivity index (χ3v) is 2.98. The molecule has 3 nitrogen and oxygen atoms in total. The van der Waals surface area contributed by atoms with Crippen LogP contribution in [-0.4, -0.2) is 6.66 Å². The van der Waals surface area contributed by atoms with Gasteiger partial charge < -0.3 is 0 Å². The molecule has 0 amide bonds. The summed E-state index contributed by atoms with van der Waals surface area (Å²) in [5, 5.41) is 0. The topological polar surface area (TPSA) is 35.5 Å². The fourth-order valence-electron chi connectivity index (χ4n) is 0.116. The minimum atomic E-state index is -2.50. The molecule has 36 valence electrons. The quantitative estimate of drug-likeness (QED) is 0.363. The molecule has 1 aliphatic heterocycles.